The molecule has 2 aliphatic rings. The second-order valence-electron chi connectivity index (χ2n) is 8.49. The number of H-pyrrole nitrogens is 1. The van der Waals surface area contributed by atoms with Crippen molar-refractivity contribution >= 4 is 22.6 Å². The summed E-state index contributed by atoms with van der Waals surface area (Å²) in [6, 6.07) is 10.3. The summed E-state index contributed by atoms with van der Waals surface area (Å²) in [5, 5.41) is 18.9. The zero-order valence-corrected chi connectivity index (χ0v) is 17.6. The smallest absolute Gasteiger partial charge is 0.353 e. The number of halogens is 1. The summed E-state index contributed by atoms with van der Waals surface area (Å²) in [7, 11) is 0. The van der Waals surface area contributed by atoms with Gasteiger partial charge in [-0.05, 0) is 66.8 Å². The third-order valence-corrected chi connectivity index (χ3v) is 6.56. The van der Waals surface area contributed by atoms with Gasteiger partial charge in [-0.2, -0.15) is 10.2 Å². The maximum atomic E-state index is 15.0. The average molecular weight is 442 g/mol. The van der Waals surface area contributed by atoms with Crippen LogP contribution in [-0.4, -0.2) is 20.6 Å². The van der Waals surface area contributed by atoms with Crippen molar-refractivity contribution < 1.29 is 14.3 Å². The maximum absolute atomic E-state index is 15.0. The Morgan fingerprint density at radius 3 is 2.76 bits per heavy atom. The molecule has 3 heterocycles. The molecule has 8 heteroatoms. The minimum atomic E-state index is -1.18. The first-order valence-corrected chi connectivity index (χ1v) is 10.8. The van der Waals surface area contributed by atoms with E-state index < -0.39 is 11.8 Å². The number of fused-ring (bicyclic) bond motifs is 3. The van der Waals surface area contributed by atoms with Crippen molar-refractivity contribution in [3.8, 4) is 11.1 Å². The highest BCUT2D eigenvalue weighted by Crippen LogP contribution is 2.38. The van der Waals surface area contributed by atoms with E-state index in [4.69, 9.17) is 0 Å². The summed E-state index contributed by atoms with van der Waals surface area (Å²) in [5.74, 6) is -1.61. The molecule has 7 nitrogen and oxygen atoms in total. The number of azo groups is 1. The van der Waals surface area contributed by atoms with Gasteiger partial charge in [0, 0.05) is 39.4 Å². The summed E-state index contributed by atoms with van der Waals surface area (Å²) < 4.78 is 16.6. The number of nitrogens with one attached hydrogen (secondary N) is 1. The molecule has 0 atom stereocenters. The van der Waals surface area contributed by atoms with Crippen molar-refractivity contribution in [2.75, 3.05) is 0 Å². The molecule has 6 rings (SSSR count). The molecule has 2 aromatic heterocycles. The highest BCUT2D eigenvalue weighted by molar-refractivity contribution is 6.08. The van der Waals surface area contributed by atoms with Gasteiger partial charge in [0.1, 0.15) is 11.5 Å². The second-order valence-corrected chi connectivity index (χ2v) is 8.49. The predicted molar refractivity (Wildman–Crippen MR) is 121 cm³/mol. The van der Waals surface area contributed by atoms with E-state index in [1.807, 2.05) is 12.1 Å². The van der Waals surface area contributed by atoms with E-state index in [0.717, 1.165) is 30.4 Å². The third-order valence-electron chi connectivity index (χ3n) is 6.56. The molecule has 0 fully saturated rings. The Bertz CT molecular complexity index is 1560. The van der Waals surface area contributed by atoms with Gasteiger partial charge in [0.2, 0.25) is 0 Å². The number of benzene rings is 2. The lowest BCUT2D eigenvalue weighted by Gasteiger charge is -2.12. The Morgan fingerprint density at radius 1 is 1.15 bits per heavy atom. The molecule has 0 radical (unpaired) electrons. The molecule has 1 aliphatic carbocycles. The van der Waals surface area contributed by atoms with Gasteiger partial charge in [-0.1, -0.05) is 0 Å². The van der Waals surface area contributed by atoms with Crippen molar-refractivity contribution in [1.82, 2.24) is 9.55 Å². The number of nitrogens with zero attached hydrogens (tertiary/aromatic N) is 3. The molecule has 0 bridgehead atoms. The van der Waals surface area contributed by atoms with Crippen LogP contribution in [0.15, 0.2) is 57.6 Å². The number of carboxylic acid groups (broad SMARTS) is 1. The maximum Gasteiger partial charge on any atom is 0.353 e. The number of aromatic amines is 1. The van der Waals surface area contributed by atoms with Crippen molar-refractivity contribution in [2.24, 2.45) is 10.2 Å². The number of aromatic nitrogens is 2. The van der Waals surface area contributed by atoms with Crippen LogP contribution in [-0.2, 0) is 25.9 Å². The number of hydrogen-bond donors (Lipinski definition) is 2. The zero-order chi connectivity index (χ0) is 22.7. The van der Waals surface area contributed by atoms with Gasteiger partial charge in [0.15, 0.2) is 0 Å². The number of pyridine rings is 1. The molecular formula is C25H19FN4O3. The molecule has 1 aliphatic heterocycles. The van der Waals surface area contributed by atoms with Gasteiger partial charge in [0.25, 0.3) is 5.56 Å². The van der Waals surface area contributed by atoms with E-state index in [1.165, 1.54) is 12.3 Å². The van der Waals surface area contributed by atoms with E-state index in [1.54, 1.807) is 22.8 Å². The van der Waals surface area contributed by atoms with Crippen LogP contribution in [0.25, 0.3) is 22.0 Å². The lowest BCUT2D eigenvalue weighted by atomic mass is 10.00. The van der Waals surface area contributed by atoms with Crippen molar-refractivity contribution in [3.05, 3.63) is 86.7 Å². The topological polar surface area (TPSA) is 99.8 Å². The van der Waals surface area contributed by atoms with Gasteiger partial charge >= 0.3 is 5.97 Å². The van der Waals surface area contributed by atoms with E-state index in [2.05, 4.69) is 15.2 Å². The van der Waals surface area contributed by atoms with Crippen molar-refractivity contribution in [2.45, 2.75) is 32.4 Å². The third kappa shape index (κ3) is 3.01. The fourth-order valence-electron chi connectivity index (χ4n) is 5.04. The summed E-state index contributed by atoms with van der Waals surface area (Å²) in [4.78, 5) is 27.9. The normalized spacial score (nSPS) is 14.1. The number of aromatic carboxylic acids is 1. The molecule has 164 valence electrons. The molecule has 4 aromatic rings. The fourth-order valence-corrected chi connectivity index (χ4v) is 5.04. The molecule has 2 N–H and O–H groups in total. The first-order chi connectivity index (χ1) is 16.0. The quantitative estimate of drug-likeness (QED) is 0.467. The molecule has 0 amide bonds. The minimum Gasteiger partial charge on any atom is -0.477 e. The minimum absolute atomic E-state index is 0.00368. The lowest BCUT2D eigenvalue weighted by Crippen LogP contribution is -2.14. The Morgan fingerprint density at radius 2 is 1.97 bits per heavy atom. The van der Waals surface area contributed by atoms with Gasteiger partial charge in [0.05, 0.1) is 18.8 Å². The predicted octanol–water partition coefficient (Wildman–Crippen LogP) is 4.97. The van der Waals surface area contributed by atoms with Crippen LogP contribution in [0.1, 0.15) is 39.2 Å². The Hall–Kier alpha value is -4.07. The monoisotopic (exact) mass is 442 g/mol. The lowest BCUT2D eigenvalue weighted by molar-refractivity contribution is 0.0687. The second kappa shape index (κ2) is 7.23. The number of aryl methyl sites for hydroxylation is 2. The van der Waals surface area contributed by atoms with E-state index in [-0.39, 0.29) is 23.4 Å². The Labute approximate surface area is 187 Å². The number of carboxylic acids is 1. The van der Waals surface area contributed by atoms with Gasteiger partial charge < -0.3 is 14.7 Å². The van der Waals surface area contributed by atoms with Crippen LogP contribution in [0.4, 0.5) is 10.1 Å². The van der Waals surface area contributed by atoms with Crippen LogP contribution in [0.5, 0.6) is 0 Å². The molecule has 0 spiro atoms. The standard InChI is InChI=1S/C25H19FN4O3/c26-19-8-15-11-28-29-20(15)9-16(19)12-30-21-10-14-4-1-3-13(14)7-18(21)22(23(30)25(32)33)17-5-2-6-27-24(17)31/h2,5-10H,1,3-4,11-12H2,(H,27,31)(H,32,33). The SMILES string of the molecule is O=C(O)c1c(-c2ccc[nH]c2=O)c2cc3c(cc2n1Cc1cc2c(cc1F)CN=N2)CCC3. The largest absolute Gasteiger partial charge is 0.477 e. The van der Waals surface area contributed by atoms with Gasteiger partial charge in [-0.25, -0.2) is 9.18 Å². The average Bonchev–Trinajstić information content (AvgIpc) is 3.50. The van der Waals surface area contributed by atoms with E-state index in [9.17, 15) is 19.1 Å². The first kappa shape index (κ1) is 19.6. The fraction of sp³-hybridized carbons (Fsp3) is 0.200. The van der Waals surface area contributed by atoms with Crippen LogP contribution < -0.4 is 5.56 Å². The molecule has 2 aromatic carbocycles. The highest BCUT2D eigenvalue weighted by atomic mass is 19.1. The molecular weight excluding hydrogens is 423 g/mol. The van der Waals surface area contributed by atoms with E-state index in [0.29, 0.717) is 39.8 Å². The molecule has 0 saturated heterocycles. The van der Waals surface area contributed by atoms with Crippen LogP contribution in [0.2, 0.25) is 0 Å². The summed E-state index contributed by atoms with van der Waals surface area (Å²) in [5.41, 5.74) is 4.85. The number of rotatable bonds is 4. The Balaban J connectivity index is 1.66. The molecule has 33 heavy (non-hydrogen) atoms. The Kier molecular flexibility index (Phi) is 4.29. The van der Waals surface area contributed by atoms with Crippen LogP contribution in [0.3, 0.4) is 0 Å². The molecule has 0 saturated carbocycles. The number of carbonyl (C=O) groups is 1. The first-order valence-electron chi connectivity index (χ1n) is 10.8. The van der Waals surface area contributed by atoms with Crippen molar-refractivity contribution in [3.63, 3.8) is 0 Å². The van der Waals surface area contributed by atoms with Crippen molar-refractivity contribution in [1.29, 1.82) is 0 Å². The van der Waals surface area contributed by atoms with Crippen LogP contribution in [0, 0.1) is 5.82 Å². The molecule has 0 unspecified atom stereocenters. The van der Waals surface area contributed by atoms with E-state index >= 15 is 0 Å². The highest BCUT2D eigenvalue weighted by Gasteiger charge is 2.28. The number of hydrogen-bond acceptors (Lipinski definition) is 4. The zero-order valence-electron chi connectivity index (χ0n) is 17.6. The van der Waals surface area contributed by atoms with Crippen LogP contribution >= 0.6 is 0 Å². The van der Waals surface area contributed by atoms with Gasteiger partial charge in [-0.3, -0.25) is 4.79 Å². The summed E-state index contributed by atoms with van der Waals surface area (Å²) >= 11 is 0. The summed E-state index contributed by atoms with van der Waals surface area (Å²) in [6.45, 7) is 0.336. The van der Waals surface area contributed by atoms with Gasteiger partial charge in [-0.15, -0.1) is 0 Å². The summed E-state index contributed by atoms with van der Waals surface area (Å²) in [6.07, 6.45) is 4.36.